The van der Waals surface area contributed by atoms with Gasteiger partial charge in [0.25, 0.3) is 0 Å². The summed E-state index contributed by atoms with van der Waals surface area (Å²) in [5.74, 6) is -0.497. The fourth-order valence-electron chi connectivity index (χ4n) is 1.99. The lowest BCUT2D eigenvalue weighted by molar-refractivity contribution is -0.147. The summed E-state index contributed by atoms with van der Waals surface area (Å²) in [4.78, 5) is 29.6. The summed E-state index contributed by atoms with van der Waals surface area (Å²) in [6.07, 6.45) is 1.65. The molecule has 20 heavy (non-hydrogen) atoms. The van der Waals surface area contributed by atoms with Crippen LogP contribution in [-0.2, 0) is 16.1 Å². The molecule has 0 fully saturated rings. The van der Waals surface area contributed by atoms with Gasteiger partial charge >= 0.3 is 12.0 Å². The Kier molecular flexibility index (Phi) is 5.96. The second kappa shape index (κ2) is 7.47. The van der Waals surface area contributed by atoms with Gasteiger partial charge in [0.2, 0.25) is 0 Å². The molecule has 0 aliphatic heterocycles. The van der Waals surface area contributed by atoms with Crippen molar-refractivity contribution in [2.45, 2.75) is 26.4 Å². The van der Waals surface area contributed by atoms with Crippen LogP contribution in [0.3, 0.4) is 0 Å². The van der Waals surface area contributed by atoms with Crippen LogP contribution in [0.15, 0.2) is 24.4 Å². The maximum absolute atomic E-state index is 12.1. The van der Waals surface area contributed by atoms with E-state index in [0.717, 1.165) is 0 Å². The number of nitrogens with zero attached hydrogens (tertiary/aromatic N) is 2. The number of esters is 1. The van der Waals surface area contributed by atoms with Crippen LogP contribution >= 0.6 is 0 Å². The van der Waals surface area contributed by atoms with Crippen LogP contribution in [-0.4, -0.2) is 42.1 Å². The minimum Gasteiger partial charge on any atom is -0.467 e. The largest absolute Gasteiger partial charge is 0.467 e. The van der Waals surface area contributed by atoms with Crippen LogP contribution in [0.25, 0.3) is 0 Å². The van der Waals surface area contributed by atoms with Gasteiger partial charge in [0.05, 0.1) is 19.3 Å². The number of carbonyl (C=O) groups is 2. The Hall–Kier alpha value is -2.11. The molecule has 0 aromatic carbocycles. The van der Waals surface area contributed by atoms with Crippen molar-refractivity contribution in [2.75, 3.05) is 14.2 Å². The van der Waals surface area contributed by atoms with Gasteiger partial charge in [-0.05, 0) is 18.1 Å². The summed E-state index contributed by atoms with van der Waals surface area (Å²) in [6, 6.07) is 4.47. The van der Waals surface area contributed by atoms with Gasteiger partial charge in [-0.1, -0.05) is 19.9 Å². The molecule has 110 valence electrons. The van der Waals surface area contributed by atoms with Crippen molar-refractivity contribution in [2.24, 2.45) is 5.92 Å². The van der Waals surface area contributed by atoms with Crippen molar-refractivity contribution < 1.29 is 14.3 Å². The van der Waals surface area contributed by atoms with Crippen molar-refractivity contribution in [1.29, 1.82) is 0 Å². The second-order valence-corrected chi connectivity index (χ2v) is 4.72. The molecular weight excluding hydrogens is 258 g/mol. The molecule has 0 unspecified atom stereocenters. The van der Waals surface area contributed by atoms with Gasteiger partial charge in [-0.2, -0.15) is 0 Å². The Morgan fingerprint density at radius 3 is 2.55 bits per heavy atom. The number of rotatable bonds is 5. The summed E-state index contributed by atoms with van der Waals surface area (Å²) < 4.78 is 4.81. The fourth-order valence-corrected chi connectivity index (χ4v) is 1.99. The molecule has 1 N–H and O–H groups in total. The first kappa shape index (κ1) is 15.9. The van der Waals surface area contributed by atoms with Crippen LogP contribution in [0.2, 0.25) is 0 Å². The molecule has 0 saturated heterocycles. The first-order valence-corrected chi connectivity index (χ1v) is 6.47. The fraction of sp³-hybridized carbons (Fsp3) is 0.500. The van der Waals surface area contributed by atoms with Gasteiger partial charge < -0.3 is 15.0 Å². The van der Waals surface area contributed by atoms with E-state index in [4.69, 9.17) is 4.74 Å². The highest BCUT2D eigenvalue weighted by atomic mass is 16.5. The molecule has 2 amide bonds. The summed E-state index contributed by atoms with van der Waals surface area (Å²) in [5, 5.41) is 2.55. The van der Waals surface area contributed by atoms with Crippen molar-refractivity contribution in [3.8, 4) is 0 Å². The molecule has 1 atom stereocenters. The van der Waals surface area contributed by atoms with Crippen LogP contribution in [0.4, 0.5) is 4.79 Å². The zero-order chi connectivity index (χ0) is 15.1. The lowest BCUT2D eigenvalue weighted by Gasteiger charge is -2.31. The predicted molar refractivity (Wildman–Crippen MR) is 74.9 cm³/mol. The Morgan fingerprint density at radius 1 is 1.40 bits per heavy atom. The molecule has 0 saturated carbocycles. The van der Waals surface area contributed by atoms with E-state index in [1.165, 1.54) is 19.1 Å². The quantitative estimate of drug-likeness (QED) is 0.827. The molecular formula is C14H21N3O3. The highest BCUT2D eigenvalue weighted by Gasteiger charge is 2.33. The average Bonchev–Trinajstić information content (AvgIpc) is 2.46. The van der Waals surface area contributed by atoms with Crippen LogP contribution in [0, 0.1) is 5.92 Å². The Morgan fingerprint density at radius 2 is 2.10 bits per heavy atom. The van der Waals surface area contributed by atoms with Crippen molar-refractivity contribution in [3.63, 3.8) is 0 Å². The molecule has 0 spiro atoms. The van der Waals surface area contributed by atoms with Gasteiger partial charge in [0.1, 0.15) is 6.04 Å². The van der Waals surface area contributed by atoms with E-state index in [-0.39, 0.29) is 18.5 Å². The average molecular weight is 279 g/mol. The third kappa shape index (κ3) is 3.94. The van der Waals surface area contributed by atoms with Crippen molar-refractivity contribution in [1.82, 2.24) is 15.2 Å². The number of nitrogens with one attached hydrogen (secondary N) is 1. The Balaban J connectivity index is 3.04. The minimum atomic E-state index is -0.651. The number of urea groups is 1. The van der Waals surface area contributed by atoms with Crippen LogP contribution in [0.5, 0.6) is 0 Å². The predicted octanol–water partition coefficient (Wildman–Crippen LogP) is 1.42. The smallest absolute Gasteiger partial charge is 0.328 e. The SMILES string of the molecule is CNC(=O)N(Cc1ccccn1)[C@H](C(=O)OC)C(C)C. The zero-order valence-corrected chi connectivity index (χ0v) is 12.3. The summed E-state index contributed by atoms with van der Waals surface area (Å²) >= 11 is 0. The Bertz CT molecular complexity index is 448. The number of ether oxygens (including phenoxy) is 1. The van der Waals surface area contributed by atoms with E-state index >= 15 is 0 Å². The maximum Gasteiger partial charge on any atom is 0.328 e. The number of hydrogen-bond donors (Lipinski definition) is 1. The van der Waals surface area contributed by atoms with E-state index in [2.05, 4.69) is 10.3 Å². The van der Waals surface area contributed by atoms with Gasteiger partial charge in [0, 0.05) is 13.2 Å². The van der Waals surface area contributed by atoms with E-state index in [1.54, 1.807) is 12.3 Å². The number of amides is 2. The normalized spacial score (nSPS) is 11.8. The molecule has 0 radical (unpaired) electrons. The molecule has 1 heterocycles. The number of pyridine rings is 1. The molecule has 1 aromatic heterocycles. The molecule has 1 aromatic rings. The maximum atomic E-state index is 12.1. The standard InChI is InChI=1S/C14H21N3O3/c1-10(2)12(13(18)20-4)17(14(19)15-3)9-11-7-5-6-8-16-11/h5-8,10,12H,9H2,1-4H3,(H,15,19)/t12-/m0/s1. The van der Waals surface area contributed by atoms with Gasteiger partial charge in [0.15, 0.2) is 0 Å². The lowest BCUT2D eigenvalue weighted by atomic mass is 10.0. The van der Waals surface area contributed by atoms with Crippen LogP contribution < -0.4 is 5.32 Å². The third-order valence-corrected chi connectivity index (χ3v) is 2.94. The van der Waals surface area contributed by atoms with Gasteiger partial charge in [-0.3, -0.25) is 4.98 Å². The molecule has 6 heteroatoms. The molecule has 0 aliphatic rings. The third-order valence-electron chi connectivity index (χ3n) is 2.94. The van der Waals surface area contributed by atoms with Crippen molar-refractivity contribution in [3.05, 3.63) is 30.1 Å². The minimum absolute atomic E-state index is 0.0662. The van der Waals surface area contributed by atoms with Gasteiger partial charge in [-0.15, -0.1) is 0 Å². The zero-order valence-electron chi connectivity index (χ0n) is 12.3. The number of aromatic nitrogens is 1. The number of methoxy groups -OCH3 is 1. The van der Waals surface area contributed by atoms with E-state index < -0.39 is 12.0 Å². The molecule has 1 rings (SSSR count). The molecule has 0 bridgehead atoms. The molecule has 0 aliphatic carbocycles. The highest BCUT2D eigenvalue weighted by molar-refractivity contribution is 5.83. The highest BCUT2D eigenvalue weighted by Crippen LogP contribution is 2.16. The van der Waals surface area contributed by atoms with Crippen LogP contribution in [0.1, 0.15) is 19.5 Å². The summed E-state index contributed by atoms with van der Waals surface area (Å²) in [6.45, 7) is 3.99. The van der Waals surface area contributed by atoms with Gasteiger partial charge in [-0.25, -0.2) is 9.59 Å². The van der Waals surface area contributed by atoms with E-state index in [1.807, 2.05) is 26.0 Å². The second-order valence-electron chi connectivity index (χ2n) is 4.72. The lowest BCUT2D eigenvalue weighted by Crippen LogP contribution is -2.51. The first-order chi connectivity index (χ1) is 9.51. The first-order valence-electron chi connectivity index (χ1n) is 6.47. The monoisotopic (exact) mass is 279 g/mol. The van der Waals surface area contributed by atoms with E-state index in [9.17, 15) is 9.59 Å². The topological polar surface area (TPSA) is 71.5 Å². The number of hydrogen-bond acceptors (Lipinski definition) is 4. The number of carbonyl (C=O) groups excluding carboxylic acids is 2. The Labute approximate surface area is 119 Å². The van der Waals surface area contributed by atoms with E-state index in [0.29, 0.717) is 5.69 Å². The van der Waals surface area contributed by atoms with Crippen molar-refractivity contribution >= 4 is 12.0 Å². The summed E-state index contributed by atoms with van der Waals surface area (Å²) in [5.41, 5.74) is 0.714. The molecule has 6 nitrogen and oxygen atoms in total. The summed E-state index contributed by atoms with van der Waals surface area (Å²) in [7, 11) is 2.85.